The third-order valence-electron chi connectivity index (χ3n) is 1.70. The van der Waals surface area contributed by atoms with Gasteiger partial charge in [0.05, 0.1) is 6.07 Å². The van der Waals surface area contributed by atoms with Crippen molar-refractivity contribution >= 4 is 28.9 Å². The molecule has 0 heterocycles. The maximum atomic E-state index is 8.29. The van der Waals surface area contributed by atoms with E-state index in [0.717, 1.165) is 31.4 Å². The first-order valence-corrected chi connectivity index (χ1v) is 8.81. The molecule has 0 fully saturated rings. The molecule has 0 saturated carbocycles. The SMILES string of the molecule is CCC[Si](Cl)(Cl)CCCCC#N. The zero-order valence-electron chi connectivity index (χ0n) is 7.45. The minimum atomic E-state index is -1.92. The average Bonchev–Trinajstić information content (AvgIpc) is 1.98. The Kier molecular flexibility index (Phi) is 6.93. The van der Waals surface area contributed by atoms with Crippen molar-refractivity contribution in [1.82, 2.24) is 0 Å². The Bertz CT molecular complexity index is 154. The van der Waals surface area contributed by atoms with Crippen LogP contribution in [0.15, 0.2) is 0 Å². The van der Waals surface area contributed by atoms with E-state index in [1.54, 1.807) is 0 Å². The molecular formula is C8H15Cl2NSi. The number of halogens is 2. The summed E-state index contributed by atoms with van der Waals surface area (Å²) in [6, 6.07) is 4.03. The monoisotopic (exact) mass is 223 g/mol. The number of nitrogens with zero attached hydrogens (tertiary/aromatic N) is 1. The van der Waals surface area contributed by atoms with Gasteiger partial charge < -0.3 is 0 Å². The predicted molar refractivity (Wildman–Crippen MR) is 56.8 cm³/mol. The highest BCUT2D eigenvalue weighted by Gasteiger charge is 2.25. The fraction of sp³-hybridized carbons (Fsp3) is 0.875. The zero-order valence-corrected chi connectivity index (χ0v) is 9.96. The number of nitriles is 1. The Morgan fingerprint density at radius 3 is 2.42 bits per heavy atom. The van der Waals surface area contributed by atoms with E-state index in [9.17, 15) is 0 Å². The van der Waals surface area contributed by atoms with Crippen LogP contribution in [0.5, 0.6) is 0 Å². The van der Waals surface area contributed by atoms with E-state index in [0.29, 0.717) is 6.42 Å². The van der Waals surface area contributed by atoms with Gasteiger partial charge in [-0.15, -0.1) is 22.2 Å². The molecule has 0 aliphatic rings. The molecule has 0 atom stereocenters. The summed E-state index contributed by atoms with van der Waals surface area (Å²) in [5, 5.41) is 8.29. The van der Waals surface area contributed by atoms with Gasteiger partial charge in [0.1, 0.15) is 0 Å². The quantitative estimate of drug-likeness (QED) is 0.380. The summed E-state index contributed by atoms with van der Waals surface area (Å²) in [6.45, 7) is 0.181. The highest BCUT2D eigenvalue weighted by atomic mass is 35.7. The molecule has 0 rings (SSSR count). The van der Waals surface area contributed by atoms with Crippen LogP contribution in [0.3, 0.4) is 0 Å². The van der Waals surface area contributed by atoms with Crippen LogP contribution in [0.4, 0.5) is 0 Å². The topological polar surface area (TPSA) is 23.8 Å². The average molecular weight is 224 g/mol. The molecule has 4 heteroatoms. The second-order valence-electron chi connectivity index (χ2n) is 2.97. The van der Waals surface area contributed by atoms with Gasteiger partial charge in [0.25, 0.3) is 6.69 Å². The number of unbranched alkanes of at least 4 members (excludes halogenated alkanes) is 2. The first-order valence-electron chi connectivity index (χ1n) is 4.37. The van der Waals surface area contributed by atoms with Gasteiger partial charge in [-0.3, -0.25) is 0 Å². The van der Waals surface area contributed by atoms with E-state index in [4.69, 9.17) is 27.4 Å². The highest BCUT2D eigenvalue weighted by Crippen LogP contribution is 2.28. The summed E-state index contributed by atoms with van der Waals surface area (Å²) in [4.78, 5) is 0. The standard InChI is InChI=1S/C8H15Cl2NSi/c1-2-7-12(9,10)8-5-3-4-6-11/h2-5,7-8H2,1H3. The van der Waals surface area contributed by atoms with Crippen molar-refractivity contribution in [3.63, 3.8) is 0 Å². The molecule has 12 heavy (non-hydrogen) atoms. The van der Waals surface area contributed by atoms with Gasteiger partial charge in [0.2, 0.25) is 0 Å². The third kappa shape index (κ3) is 6.96. The van der Waals surface area contributed by atoms with E-state index in [2.05, 4.69) is 13.0 Å². The largest absolute Gasteiger partial charge is 0.251 e. The summed E-state index contributed by atoms with van der Waals surface area (Å²) >= 11 is 12.3. The summed E-state index contributed by atoms with van der Waals surface area (Å²) in [7, 11) is 0. The Hall–Kier alpha value is 0.287. The molecule has 0 aliphatic heterocycles. The normalized spacial score (nSPS) is 11.2. The van der Waals surface area contributed by atoms with E-state index in [-0.39, 0.29) is 0 Å². The minimum Gasteiger partial charge on any atom is -0.198 e. The maximum Gasteiger partial charge on any atom is 0.251 e. The van der Waals surface area contributed by atoms with Gasteiger partial charge in [-0.05, 0) is 18.5 Å². The molecule has 0 unspecified atom stereocenters. The molecule has 0 aliphatic carbocycles. The summed E-state index contributed by atoms with van der Waals surface area (Å²) in [5.41, 5.74) is 0. The molecule has 0 radical (unpaired) electrons. The van der Waals surface area contributed by atoms with Crippen molar-refractivity contribution < 1.29 is 0 Å². The van der Waals surface area contributed by atoms with Crippen molar-refractivity contribution in [2.24, 2.45) is 0 Å². The predicted octanol–water partition coefficient (Wildman–Crippen LogP) is 4.01. The van der Waals surface area contributed by atoms with E-state index in [1.807, 2.05) is 0 Å². The van der Waals surface area contributed by atoms with Crippen LogP contribution in [-0.4, -0.2) is 6.69 Å². The molecule has 0 amide bonds. The smallest absolute Gasteiger partial charge is 0.198 e. The number of hydrogen-bond acceptors (Lipinski definition) is 1. The highest BCUT2D eigenvalue weighted by molar-refractivity contribution is 7.45. The lowest BCUT2D eigenvalue weighted by atomic mass is 10.3. The van der Waals surface area contributed by atoms with Crippen molar-refractivity contribution in [2.75, 3.05) is 0 Å². The number of rotatable bonds is 6. The Morgan fingerprint density at radius 2 is 1.92 bits per heavy atom. The summed E-state index contributed by atoms with van der Waals surface area (Å²) in [5.74, 6) is 0. The van der Waals surface area contributed by atoms with E-state index in [1.165, 1.54) is 0 Å². The molecular weight excluding hydrogens is 209 g/mol. The van der Waals surface area contributed by atoms with Crippen molar-refractivity contribution in [1.29, 1.82) is 5.26 Å². The van der Waals surface area contributed by atoms with Gasteiger partial charge in [-0.25, -0.2) is 0 Å². The molecule has 0 aromatic heterocycles. The molecule has 70 valence electrons. The van der Waals surface area contributed by atoms with Gasteiger partial charge in [-0.1, -0.05) is 19.8 Å². The molecule has 0 saturated heterocycles. The van der Waals surface area contributed by atoms with E-state index >= 15 is 0 Å². The Morgan fingerprint density at radius 1 is 1.25 bits per heavy atom. The van der Waals surface area contributed by atoms with Crippen LogP contribution in [0.25, 0.3) is 0 Å². The fourth-order valence-electron chi connectivity index (χ4n) is 1.08. The van der Waals surface area contributed by atoms with Crippen LogP contribution < -0.4 is 0 Å². The lowest BCUT2D eigenvalue weighted by Crippen LogP contribution is -2.17. The molecule has 0 N–H and O–H groups in total. The molecule has 1 nitrogen and oxygen atoms in total. The first kappa shape index (κ1) is 12.3. The summed E-state index contributed by atoms with van der Waals surface area (Å²) < 4.78 is 0. The Labute approximate surface area is 85.1 Å². The third-order valence-corrected chi connectivity index (χ3v) is 6.28. The lowest BCUT2D eigenvalue weighted by Gasteiger charge is -2.14. The van der Waals surface area contributed by atoms with Gasteiger partial charge in [0.15, 0.2) is 0 Å². The molecule has 0 aromatic carbocycles. The van der Waals surface area contributed by atoms with Crippen molar-refractivity contribution in [3.05, 3.63) is 0 Å². The minimum absolute atomic E-state index is 0.629. The maximum absolute atomic E-state index is 8.29. The van der Waals surface area contributed by atoms with Crippen LogP contribution in [0, 0.1) is 11.3 Å². The van der Waals surface area contributed by atoms with Gasteiger partial charge in [-0.2, -0.15) is 5.26 Å². The van der Waals surface area contributed by atoms with Crippen LogP contribution in [0.1, 0.15) is 32.6 Å². The van der Waals surface area contributed by atoms with Crippen LogP contribution in [0.2, 0.25) is 12.1 Å². The van der Waals surface area contributed by atoms with Crippen molar-refractivity contribution in [2.45, 2.75) is 44.7 Å². The van der Waals surface area contributed by atoms with Gasteiger partial charge >= 0.3 is 0 Å². The number of hydrogen-bond donors (Lipinski definition) is 0. The fourth-order valence-corrected chi connectivity index (χ4v) is 4.76. The zero-order chi connectivity index (χ0) is 9.45. The van der Waals surface area contributed by atoms with Crippen LogP contribution in [-0.2, 0) is 0 Å². The first-order chi connectivity index (χ1) is 5.62. The summed E-state index contributed by atoms with van der Waals surface area (Å²) in [6.07, 6.45) is 3.64. The van der Waals surface area contributed by atoms with Crippen molar-refractivity contribution in [3.8, 4) is 6.07 Å². The molecule has 0 aromatic rings. The second-order valence-corrected chi connectivity index (χ2v) is 10.6. The van der Waals surface area contributed by atoms with E-state index < -0.39 is 6.69 Å². The lowest BCUT2D eigenvalue weighted by molar-refractivity contribution is 0.811. The Balaban J connectivity index is 3.41. The van der Waals surface area contributed by atoms with Gasteiger partial charge in [0, 0.05) is 6.42 Å². The second kappa shape index (κ2) is 6.77. The molecule has 0 bridgehead atoms. The van der Waals surface area contributed by atoms with Crippen LogP contribution >= 0.6 is 22.2 Å². The molecule has 0 spiro atoms.